The van der Waals surface area contributed by atoms with Crippen molar-refractivity contribution in [1.29, 1.82) is 0 Å². The Kier molecular flexibility index (Phi) is 3.34. The number of hydrogen-bond acceptors (Lipinski definition) is 4. The number of nitrogens with zero attached hydrogens (tertiary/aromatic N) is 2. The number of thiazole rings is 1. The van der Waals surface area contributed by atoms with Crippen LogP contribution in [0.4, 0.5) is 5.13 Å². The first-order valence-electron chi connectivity index (χ1n) is 6.80. The van der Waals surface area contributed by atoms with Gasteiger partial charge in [-0.05, 0) is 31.6 Å². The van der Waals surface area contributed by atoms with E-state index in [2.05, 4.69) is 9.88 Å². The maximum Gasteiger partial charge on any atom is 0.185 e. The molecule has 2 fully saturated rings. The number of hydrogen-bond donors (Lipinski definition) is 1. The molecule has 0 spiro atoms. The summed E-state index contributed by atoms with van der Waals surface area (Å²) < 4.78 is 0. The van der Waals surface area contributed by atoms with E-state index in [9.17, 15) is 0 Å². The smallest absolute Gasteiger partial charge is 0.185 e. The third-order valence-electron chi connectivity index (χ3n) is 4.23. The van der Waals surface area contributed by atoms with Crippen LogP contribution in [0, 0.1) is 5.92 Å². The summed E-state index contributed by atoms with van der Waals surface area (Å²) in [6.07, 6.45) is 10.3. The largest absolute Gasteiger partial charge is 0.345 e. The van der Waals surface area contributed by atoms with Crippen LogP contribution in [-0.2, 0) is 6.54 Å². The highest BCUT2D eigenvalue weighted by atomic mass is 32.1. The van der Waals surface area contributed by atoms with E-state index < -0.39 is 0 Å². The van der Waals surface area contributed by atoms with E-state index >= 15 is 0 Å². The highest BCUT2D eigenvalue weighted by Gasteiger charge is 2.34. The molecule has 0 radical (unpaired) electrons. The minimum absolute atomic E-state index is 0.625. The lowest BCUT2D eigenvalue weighted by molar-refractivity contribution is 0.243. The maximum absolute atomic E-state index is 5.68. The van der Waals surface area contributed by atoms with Crippen molar-refractivity contribution in [1.82, 2.24) is 4.98 Å². The Balaban J connectivity index is 1.80. The molecule has 3 nitrogen and oxygen atoms in total. The molecule has 94 valence electrons. The van der Waals surface area contributed by atoms with Crippen LogP contribution in [0.5, 0.6) is 0 Å². The Bertz CT molecular complexity index is 374. The number of anilines is 1. The highest BCUT2D eigenvalue weighted by Crippen LogP contribution is 2.38. The van der Waals surface area contributed by atoms with Gasteiger partial charge in [-0.25, -0.2) is 4.98 Å². The summed E-state index contributed by atoms with van der Waals surface area (Å²) in [6.45, 7) is 1.82. The maximum atomic E-state index is 5.68. The van der Waals surface area contributed by atoms with E-state index in [4.69, 9.17) is 5.73 Å². The van der Waals surface area contributed by atoms with Crippen molar-refractivity contribution in [2.75, 3.05) is 11.4 Å². The fourth-order valence-corrected chi connectivity index (χ4v) is 4.26. The minimum Gasteiger partial charge on any atom is -0.345 e. The molecule has 0 amide bonds. The Morgan fingerprint density at radius 3 is 2.94 bits per heavy atom. The second kappa shape index (κ2) is 4.94. The second-order valence-electron chi connectivity index (χ2n) is 5.26. The number of rotatable bonds is 2. The molecule has 2 atom stereocenters. The van der Waals surface area contributed by atoms with Crippen molar-refractivity contribution in [2.24, 2.45) is 11.7 Å². The van der Waals surface area contributed by atoms with Crippen LogP contribution in [0.2, 0.25) is 0 Å². The first-order chi connectivity index (χ1) is 8.38. The summed E-state index contributed by atoms with van der Waals surface area (Å²) in [5.41, 5.74) is 5.68. The third kappa shape index (κ3) is 2.20. The van der Waals surface area contributed by atoms with Gasteiger partial charge in [0.05, 0.1) is 0 Å². The molecule has 0 aromatic carbocycles. The standard InChI is InChI=1S/C13H21N3S/c14-8-11-9-15-13(17-11)16-7-3-5-10-4-1-2-6-12(10)16/h9-10,12H,1-8,14H2. The minimum atomic E-state index is 0.625. The Labute approximate surface area is 107 Å². The first-order valence-corrected chi connectivity index (χ1v) is 7.61. The summed E-state index contributed by atoms with van der Waals surface area (Å²) in [5.74, 6) is 0.919. The van der Waals surface area contributed by atoms with Gasteiger partial charge in [0.25, 0.3) is 0 Å². The molecule has 2 unspecified atom stereocenters. The Hall–Kier alpha value is -0.610. The highest BCUT2D eigenvalue weighted by molar-refractivity contribution is 7.15. The van der Waals surface area contributed by atoms with E-state index in [0.717, 1.165) is 12.0 Å². The van der Waals surface area contributed by atoms with Gasteiger partial charge in [0.15, 0.2) is 5.13 Å². The van der Waals surface area contributed by atoms with Crippen molar-refractivity contribution in [3.8, 4) is 0 Å². The van der Waals surface area contributed by atoms with Gasteiger partial charge in [-0.15, -0.1) is 11.3 Å². The van der Waals surface area contributed by atoms with Gasteiger partial charge in [-0.1, -0.05) is 12.8 Å². The van der Waals surface area contributed by atoms with Gasteiger partial charge in [-0.3, -0.25) is 0 Å². The molecule has 0 bridgehead atoms. The van der Waals surface area contributed by atoms with Gasteiger partial charge >= 0.3 is 0 Å². The van der Waals surface area contributed by atoms with Gasteiger partial charge in [0, 0.05) is 30.2 Å². The molecule has 3 rings (SSSR count). The molecule has 1 saturated heterocycles. The number of fused-ring (bicyclic) bond motifs is 1. The Morgan fingerprint density at radius 1 is 1.29 bits per heavy atom. The van der Waals surface area contributed by atoms with Crippen molar-refractivity contribution in [3.63, 3.8) is 0 Å². The van der Waals surface area contributed by atoms with Gasteiger partial charge in [-0.2, -0.15) is 0 Å². The molecule has 2 aliphatic rings. The zero-order valence-electron chi connectivity index (χ0n) is 10.3. The van der Waals surface area contributed by atoms with Crippen LogP contribution >= 0.6 is 11.3 Å². The predicted molar refractivity (Wildman–Crippen MR) is 72.3 cm³/mol. The monoisotopic (exact) mass is 251 g/mol. The van der Waals surface area contributed by atoms with Gasteiger partial charge < -0.3 is 10.6 Å². The van der Waals surface area contributed by atoms with Crippen molar-refractivity contribution in [2.45, 2.75) is 51.1 Å². The second-order valence-corrected chi connectivity index (χ2v) is 6.35. The predicted octanol–water partition coefficient (Wildman–Crippen LogP) is 2.76. The molecule has 1 aromatic heterocycles. The summed E-state index contributed by atoms with van der Waals surface area (Å²) >= 11 is 1.78. The van der Waals surface area contributed by atoms with Crippen LogP contribution in [0.25, 0.3) is 0 Å². The third-order valence-corrected chi connectivity index (χ3v) is 5.29. The summed E-state index contributed by atoms with van der Waals surface area (Å²) in [4.78, 5) is 8.34. The summed E-state index contributed by atoms with van der Waals surface area (Å²) in [6, 6.07) is 0.759. The van der Waals surface area contributed by atoms with E-state index in [1.807, 2.05) is 6.20 Å². The molecule has 17 heavy (non-hydrogen) atoms. The molecule has 2 heterocycles. The molecule has 1 aliphatic heterocycles. The summed E-state index contributed by atoms with van der Waals surface area (Å²) in [5, 5.41) is 1.21. The van der Waals surface area contributed by atoms with Crippen LogP contribution in [0.15, 0.2) is 6.20 Å². The summed E-state index contributed by atoms with van der Waals surface area (Å²) in [7, 11) is 0. The fraction of sp³-hybridized carbons (Fsp3) is 0.769. The van der Waals surface area contributed by atoms with E-state index in [1.54, 1.807) is 11.3 Å². The number of aromatic nitrogens is 1. The zero-order chi connectivity index (χ0) is 11.7. The van der Waals surface area contributed by atoms with Crippen LogP contribution in [0.1, 0.15) is 43.4 Å². The molecule has 1 aromatic rings. The van der Waals surface area contributed by atoms with Crippen LogP contribution < -0.4 is 10.6 Å². The van der Waals surface area contributed by atoms with Crippen molar-refractivity contribution < 1.29 is 0 Å². The van der Waals surface area contributed by atoms with Gasteiger partial charge in [0.1, 0.15) is 0 Å². The van der Waals surface area contributed by atoms with E-state index in [0.29, 0.717) is 6.54 Å². The average molecular weight is 251 g/mol. The lowest BCUT2D eigenvalue weighted by Gasteiger charge is -2.44. The van der Waals surface area contributed by atoms with Crippen LogP contribution in [-0.4, -0.2) is 17.6 Å². The number of nitrogens with two attached hydrogens (primary N) is 1. The number of piperidine rings is 1. The molecule has 1 saturated carbocycles. The zero-order valence-corrected chi connectivity index (χ0v) is 11.1. The molecule has 1 aliphatic carbocycles. The molecule has 2 N–H and O–H groups in total. The lowest BCUT2D eigenvalue weighted by Crippen LogP contribution is -2.46. The van der Waals surface area contributed by atoms with Crippen LogP contribution in [0.3, 0.4) is 0 Å². The molecule has 4 heteroatoms. The van der Waals surface area contributed by atoms with Gasteiger partial charge in [0.2, 0.25) is 0 Å². The topological polar surface area (TPSA) is 42.1 Å². The first kappa shape index (κ1) is 11.5. The lowest BCUT2D eigenvalue weighted by atomic mass is 9.78. The van der Waals surface area contributed by atoms with Crippen molar-refractivity contribution >= 4 is 16.5 Å². The van der Waals surface area contributed by atoms with E-state index in [1.165, 1.54) is 55.1 Å². The molecular formula is C13H21N3S. The van der Waals surface area contributed by atoms with Crippen molar-refractivity contribution in [3.05, 3.63) is 11.1 Å². The van der Waals surface area contributed by atoms with E-state index in [-0.39, 0.29) is 0 Å². The SMILES string of the molecule is NCc1cnc(N2CCCC3CCCCC32)s1. The Morgan fingerprint density at radius 2 is 2.12 bits per heavy atom. The average Bonchev–Trinajstić information content (AvgIpc) is 2.87. The fourth-order valence-electron chi connectivity index (χ4n) is 3.39. The normalized spacial score (nSPS) is 29.1. The quantitative estimate of drug-likeness (QED) is 0.879. The molecular weight excluding hydrogens is 230 g/mol.